The van der Waals surface area contributed by atoms with Gasteiger partial charge >= 0.3 is 5.97 Å². The van der Waals surface area contributed by atoms with Crippen molar-refractivity contribution in [2.45, 2.75) is 0 Å². The Morgan fingerprint density at radius 3 is 2.82 bits per heavy atom. The lowest BCUT2D eigenvalue weighted by Gasteiger charge is -1.95. The van der Waals surface area contributed by atoms with Crippen molar-refractivity contribution >= 4 is 40.5 Å². The highest BCUT2D eigenvalue weighted by atomic mass is 35.5. The molecule has 17 heavy (non-hydrogen) atoms. The van der Waals surface area contributed by atoms with Crippen molar-refractivity contribution in [3.63, 3.8) is 0 Å². The molecule has 1 aromatic heterocycles. The molecule has 0 spiro atoms. The molecule has 0 N–H and O–H groups in total. The van der Waals surface area contributed by atoms with Crippen molar-refractivity contribution in [2.75, 3.05) is 7.11 Å². The van der Waals surface area contributed by atoms with E-state index in [9.17, 15) is 4.79 Å². The minimum Gasteiger partial charge on any atom is -0.465 e. The lowest BCUT2D eigenvalue weighted by atomic mass is 10.2. The number of nitrogens with zero attached hydrogens (tertiary/aromatic N) is 1. The average Bonchev–Trinajstić information content (AvgIpc) is 2.70. The zero-order valence-electron chi connectivity index (χ0n) is 8.74. The van der Waals surface area contributed by atoms with E-state index >= 15 is 0 Å². The predicted octanol–water partition coefficient (Wildman–Crippen LogP) is 3.90. The van der Waals surface area contributed by atoms with Gasteiger partial charge in [-0.05, 0) is 12.1 Å². The van der Waals surface area contributed by atoms with Crippen LogP contribution in [0.15, 0.2) is 24.3 Å². The average molecular weight is 288 g/mol. The van der Waals surface area contributed by atoms with Crippen molar-refractivity contribution in [2.24, 2.45) is 0 Å². The molecule has 1 heterocycles. The Morgan fingerprint density at radius 1 is 1.41 bits per heavy atom. The summed E-state index contributed by atoms with van der Waals surface area (Å²) in [7, 11) is 1.30. The fraction of sp³-hybridized carbons (Fsp3) is 0.0909. The minimum absolute atomic E-state index is 0.150. The molecular weight excluding hydrogens is 281 g/mol. The first-order chi connectivity index (χ1) is 8.11. The molecule has 1 aromatic carbocycles. The Kier molecular flexibility index (Phi) is 3.66. The largest absolute Gasteiger partial charge is 0.465 e. The number of methoxy groups -OCH3 is 1. The fourth-order valence-corrected chi connectivity index (χ4v) is 2.65. The predicted molar refractivity (Wildman–Crippen MR) is 68.9 cm³/mol. The number of rotatable bonds is 2. The molecule has 0 fully saturated rings. The number of ether oxygens (including phenoxy) is 1. The molecule has 88 valence electrons. The summed E-state index contributed by atoms with van der Waals surface area (Å²) in [6.07, 6.45) is 0. The standard InChI is InChI=1S/C11H7Cl2NO2S/c1-16-11(15)8-9(13)14-10(17-8)6-3-2-4-7(12)5-6/h2-5H,1H3. The molecule has 3 nitrogen and oxygen atoms in total. The molecule has 0 atom stereocenters. The molecule has 6 heteroatoms. The molecule has 0 saturated carbocycles. The maximum absolute atomic E-state index is 11.4. The summed E-state index contributed by atoms with van der Waals surface area (Å²) >= 11 is 12.9. The maximum Gasteiger partial charge on any atom is 0.351 e. The molecule has 2 aromatic rings. The van der Waals surface area contributed by atoms with Crippen LogP contribution in [0.1, 0.15) is 9.67 Å². The first-order valence-electron chi connectivity index (χ1n) is 4.62. The van der Waals surface area contributed by atoms with E-state index in [2.05, 4.69) is 9.72 Å². The van der Waals surface area contributed by atoms with Crippen LogP contribution in [0.25, 0.3) is 10.6 Å². The number of hydrogen-bond donors (Lipinski definition) is 0. The topological polar surface area (TPSA) is 39.2 Å². The molecule has 0 aliphatic rings. The van der Waals surface area contributed by atoms with E-state index in [0.717, 1.165) is 5.56 Å². The van der Waals surface area contributed by atoms with Crippen LogP contribution in [0.5, 0.6) is 0 Å². The number of aromatic nitrogens is 1. The summed E-state index contributed by atoms with van der Waals surface area (Å²) in [5, 5.41) is 1.39. The molecule has 0 bridgehead atoms. The van der Waals surface area contributed by atoms with Crippen LogP contribution in [0, 0.1) is 0 Å². The number of benzene rings is 1. The van der Waals surface area contributed by atoms with Gasteiger partial charge in [-0.3, -0.25) is 0 Å². The summed E-state index contributed by atoms with van der Waals surface area (Å²) in [6.45, 7) is 0. The summed E-state index contributed by atoms with van der Waals surface area (Å²) in [4.78, 5) is 15.8. The number of thiazole rings is 1. The quantitative estimate of drug-likeness (QED) is 0.787. The summed E-state index contributed by atoms with van der Waals surface area (Å²) in [5.74, 6) is -0.485. The van der Waals surface area contributed by atoms with Gasteiger partial charge in [-0.2, -0.15) is 0 Å². The molecule has 0 unspecified atom stereocenters. The van der Waals surface area contributed by atoms with Crippen molar-refractivity contribution in [1.29, 1.82) is 0 Å². The van der Waals surface area contributed by atoms with Gasteiger partial charge in [0.05, 0.1) is 7.11 Å². The Balaban J connectivity index is 2.44. The van der Waals surface area contributed by atoms with Gasteiger partial charge in [-0.1, -0.05) is 35.3 Å². The second kappa shape index (κ2) is 5.04. The van der Waals surface area contributed by atoms with Crippen molar-refractivity contribution in [3.05, 3.63) is 39.3 Å². The molecule has 0 radical (unpaired) electrons. The van der Waals surface area contributed by atoms with Crippen LogP contribution in [0.2, 0.25) is 10.2 Å². The van der Waals surface area contributed by atoms with Gasteiger partial charge in [0.1, 0.15) is 5.01 Å². The first kappa shape index (κ1) is 12.4. The molecular formula is C11H7Cl2NO2S. The molecule has 0 aliphatic heterocycles. The first-order valence-corrected chi connectivity index (χ1v) is 6.19. The van der Waals surface area contributed by atoms with Gasteiger partial charge < -0.3 is 4.74 Å². The Labute approximate surface area is 112 Å². The molecule has 0 saturated heterocycles. The van der Waals surface area contributed by atoms with Gasteiger partial charge in [0, 0.05) is 10.6 Å². The smallest absolute Gasteiger partial charge is 0.351 e. The van der Waals surface area contributed by atoms with Gasteiger partial charge in [-0.25, -0.2) is 9.78 Å². The SMILES string of the molecule is COC(=O)c1sc(-c2cccc(Cl)c2)nc1Cl. The minimum atomic E-state index is -0.485. The monoisotopic (exact) mass is 287 g/mol. The lowest BCUT2D eigenvalue weighted by Crippen LogP contribution is -1.98. The van der Waals surface area contributed by atoms with Crippen LogP contribution in [0.4, 0.5) is 0 Å². The van der Waals surface area contributed by atoms with Crippen molar-refractivity contribution in [1.82, 2.24) is 4.98 Å². The van der Waals surface area contributed by atoms with E-state index in [0.29, 0.717) is 14.9 Å². The van der Waals surface area contributed by atoms with Crippen LogP contribution >= 0.6 is 34.5 Å². The second-order valence-corrected chi connectivity index (χ2v) is 4.93. The van der Waals surface area contributed by atoms with E-state index < -0.39 is 5.97 Å². The Bertz CT molecular complexity index is 568. The lowest BCUT2D eigenvalue weighted by molar-refractivity contribution is 0.0606. The van der Waals surface area contributed by atoms with Crippen molar-refractivity contribution in [3.8, 4) is 10.6 Å². The number of halogens is 2. The zero-order valence-corrected chi connectivity index (χ0v) is 11.1. The highest BCUT2D eigenvalue weighted by Gasteiger charge is 2.18. The summed E-state index contributed by atoms with van der Waals surface area (Å²) in [6, 6.07) is 7.19. The van der Waals surface area contributed by atoms with E-state index in [4.69, 9.17) is 23.2 Å². The third-order valence-electron chi connectivity index (χ3n) is 2.03. The highest BCUT2D eigenvalue weighted by Crippen LogP contribution is 2.32. The third kappa shape index (κ3) is 2.60. The van der Waals surface area contributed by atoms with Crippen LogP contribution in [-0.2, 0) is 4.74 Å². The van der Waals surface area contributed by atoms with E-state index in [1.165, 1.54) is 18.4 Å². The van der Waals surface area contributed by atoms with Gasteiger partial charge in [0.2, 0.25) is 0 Å². The molecule has 0 aliphatic carbocycles. The molecule has 0 amide bonds. The number of hydrogen-bond acceptors (Lipinski definition) is 4. The molecule has 2 rings (SSSR count). The Hall–Kier alpha value is -1.10. The highest BCUT2D eigenvalue weighted by molar-refractivity contribution is 7.17. The van der Waals surface area contributed by atoms with Crippen molar-refractivity contribution < 1.29 is 9.53 Å². The second-order valence-electron chi connectivity index (χ2n) is 3.14. The Morgan fingerprint density at radius 2 is 2.18 bits per heavy atom. The van der Waals surface area contributed by atoms with Crippen LogP contribution in [0.3, 0.4) is 0 Å². The normalized spacial score (nSPS) is 10.3. The van der Waals surface area contributed by atoms with E-state index in [1.54, 1.807) is 12.1 Å². The fourth-order valence-electron chi connectivity index (χ4n) is 1.27. The van der Waals surface area contributed by atoms with Gasteiger partial charge in [0.15, 0.2) is 10.0 Å². The maximum atomic E-state index is 11.4. The summed E-state index contributed by atoms with van der Waals surface area (Å²) < 4.78 is 4.61. The number of esters is 1. The zero-order chi connectivity index (χ0) is 12.4. The van der Waals surface area contributed by atoms with Gasteiger partial charge in [0.25, 0.3) is 0 Å². The summed E-state index contributed by atoms with van der Waals surface area (Å²) in [5.41, 5.74) is 0.819. The van der Waals surface area contributed by atoms with Crippen LogP contribution in [-0.4, -0.2) is 18.1 Å². The number of carbonyl (C=O) groups excluding carboxylic acids is 1. The van der Waals surface area contributed by atoms with Crippen LogP contribution < -0.4 is 0 Å². The number of carbonyl (C=O) groups is 1. The van der Waals surface area contributed by atoms with E-state index in [-0.39, 0.29) is 5.15 Å². The third-order valence-corrected chi connectivity index (χ3v) is 3.73. The van der Waals surface area contributed by atoms with E-state index in [1.807, 2.05) is 12.1 Å². The van der Waals surface area contributed by atoms with Gasteiger partial charge in [-0.15, -0.1) is 11.3 Å².